The van der Waals surface area contributed by atoms with Gasteiger partial charge in [-0.15, -0.1) is 0 Å². The summed E-state index contributed by atoms with van der Waals surface area (Å²) in [6.07, 6.45) is 2.02. The lowest BCUT2D eigenvalue weighted by molar-refractivity contribution is 0.521. The van der Waals surface area contributed by atoms with E-state index in [0.717, 1.165) is 0 Å². The van der Waals surface area contributed by atoms with Crippen molar-refractivity contribution in [3.63, 3.8) is 0 Å². The Bertz CT molecular complexity index is 303. The van der Waals surface area contributed by atoms with Gasteiger partial charge >= 0.3 is 0 Å². The molecule has 0 saturated carbocycles. The SMILES string of the molecule is CC(C)C(C)c1ccc(C(C)(C)C)cn1. The quantitative estimate of drug-likeness (QED) is 0.707. The molecule has 84 valence electrons. The molecule has 0 aliphatic rings. The lowest BCUT2D eigenvalue weighted by Crippen LogP contribution is -2.12. The Labute approximate surface area is 93.9 Å². The van der Waals surface area contributed by atoms with Crippen LogP contribution in [0, 0.1) is 5.92 Å². The number of rotatable bonds is 2. The molecule has 1 atom stereocenters. The molecule has 0 N–H and O–H groups in total. The van der Waals surface area contributed by atoms with Crippen LogP contribution in [0.4, 0.5) is 0 Å². The summed E-state index contributed by atoms with van der Waals surface area (Å²) in [5, 5.41) is 0. The maximum absolute atomic E-state index is 4.57. The fraction of sp³-hybridized carbons (Fsp3) is 0.643. The topological polar surface area (TPSA) is 12.9 Å². The number of hydrogen-bond acceptors (Lipinski definition) is 1. The van der Waals surface area contributed by atoms with Crippen molar-refractivity contribution in [1.29, 1.82) is 0 Å². The summed E-state index contributed by atoms with van der Waals surface area (Å²) < 4.78 is 0. The summed E-state index contributed by atoms with van der Waals surface area (Å²) in [7, 11) is 0. The van der Waals surface area contributed by atoms with E-state index in [1.165, 1.54) is 11.3 Å². The van der Waals surface area contributed by atoms with Gasteiger partial charge in [0.15, 0.2) is 0 Å². The summed E-state index contributed by atoms with van der Waals surface area (Å²) in [5.74, 6) is 1.19. The Hall–Kier alpha value is -0.850. The molecule has 0 spiro atoms. The van der Waals surface area contributed by atoms with E-state index >= 15 is 0 Å². The highest BCUT2D eigenvalue weighted by Gasteiger charge is 2.16. The summed E-state index contributed by atoms with van der Waals surface area (Å²) in [4.78, 5) is 4.57. The average Bonchev–Trinajstić information content (AvgIpc) is 2.15. The van der Waals surface area contributed by atoms with Crippen molar-refractivity contribution in [3.05, 3.63) is 29.6 Å². The van der Waals surface area contributed by atoms with Crippen molar-refractivity contribution < 1.29 is 0 Å². The van der Waals surface area contributed by atoms with E-state index in [-0.39, 0.29) is 5.41 Å². The lowest BCUT2D eigenvalue weighted by atomic mass is 9.87. The summed E-state index contributed by atoms with van der Waals surface area (Å²) in [6, 6.07) is 4.38. The van der Waals surface area contributed by atoms with E-state index in [9.17, 15) is 0 Å². The zero-order valence-corrected chi connectivity index (χ0v) is 10.8. The summed E-state index contributed by atoms with van der Waals surface area (Å²) in [5.41, 5.74) is 2.72. The van der Waals surface area contributed by atoms with Crippen LogP contribution in [0.3, 0.4) is 0 Å². The Balaban J connectivity index is 2.91. The van der Waals surface area contributed by atoms with Crippen molar-refractivity contribution in [3.8, 4) is 0 Å². The van der Waals surface area contributed by atoms with Crippen LogP contribution < -0.4 is 0 Å². The highest BCUT2D eigenvalue weighted by Crippen LogP contribution is 2.25. The molecule has 1 heteroatoms. The fourth-order valence-electron chi connectivity index (χ4n) is 1.46. The highest BCUT2D eigenvalue weighted by atomic mass is 14.7. The molecule has 0 saturated heterocycles. The van der Waals surface area contributed by atoms with Gasteiger partial charge in [0, 0.05) is 17.8 Å². The van der Waals surface area contributed by atoms with E-state index in [1.807, 2.05) is 6.20 Å². The third kappa shape index (κ3) is 3.05. The van der Waals surface area contributed by atoms with Gasteiger partial charge in [0.2, 0.25) is 0 Å². The summed E-state index contributed by atoms with van der Waals surface area (Å²) >= 11 is 0. The summed E-state index contributed by atoms with van der Waals surface area (Å²) in [6.45, 7) is 13.4. The Morgan fingerprint density at radius 3 is 2.00 bits per heavy atom. The Kier molecular flexibility index (Phi) is 3.54. The molecule has 0 aliphatic carbocycles. The third-order valence-corrected chi connectivity index (χ3v) is 3.12. The van der Waals surface area contributed by atoms with Crippen LogP contribution in [0.25, 0.3) is 0 Å². The average molecular weight is 205 g/mol. The Morgan fingerprint density at radius 1 is 1.07 bits per heavy atom. The third-order valence-electron chi connectivity index (χ3n) is 3.12. The van der Waals surface area contributed by atoms with Crippen LogP contribution in [0.2, 0.25) is 0 Å². The van der Waals surface area contributed by atoms with E-state index in [4.69, 9.17) is 0 Å². The van der Waals surface area contributed by atoms with Crippen LogP contribution in [0.15, 0.2) is 18.3 Å². The molecule has 15 heavy (non-hydrogen) atoms. The molecule has 0 aromatic carbocycles. The fourth-order valence-corrected chi connectivity index (χ4v) is 1.46. The molecule has 0 amide bonds. The van der Waals surface area contributed by atoms with Gasteiger partial charge in [0.05, 0.1) is 0 Å². The number of nitrogens with zero attached hydrogens (tertiary/aromatic N) is 1. The maximum atomic E-state index is 4.57. The van der Waals surface area contributed by atoms with E-state index in [0.29, 0.717) is 11.8 Å². The minimum Gasteiger partial charge on any atom is -0.261 e. The molecule has 0 radical (unpaired) electrons. The lowest BCUT2D eigenvalue weighted by Gasteiger charge is -2.20. The van der Waals surface area contributed by atoms with Gasteiger partial charge in [-0.1, -0.05) is 47.6 Å². The number of aromatic nitrogens is 1. The van der Waals surface area contributed by atoms with Crippen LogP contribution in [0.1, 0.15) is 58.7 Å². The van der Waals surface area contributed by atoms with Crippen LogP contribution in [-0.2, 0) is 5.41 Å². The zero-order chi connectivity index (χ0) is 11.6. The van der Waals surface area contributed by atoms with Crippen molar-refractivity contribution in [1.82, 2.24) is 4.98 Å². The van der Waals surface area contributed by atoms with Gasteiger partial charge in [0.25, 0.3) is 0 Å². The molecule has 1 heterocycles. The minimum atomic E-state index is 0.201. The second-order valence-corrected chi connectivity index (χ2v) is 5.75. The van der Waals surface area contributed by atoms with Crippen LogP contribution in [0.5, 0.6) is 0 Å². The van der Waals surface area contributed by atoms with Crippen LogP contribution in [-0.4, -0.2) is 4.98 Å². The van der Waals surface area contributed by atoms with Gasteiger partial charge in [-0.2, -0.15) is 0 Å². The molecule has 0 aliphatic heterocycles. The van der Waals surface area contributed by atoms with E-state index in [2.05, 4.69) is 58.7 Å². The van der Waals surface area contributed by atoms with Gasteiger partial charge in [-0.25, -0.2) is 0 Å². The van der Waals surface area contributed by atoms with Gasteiger partial charge in [0.1, 0.15) is 0 Å². The maximum Gasteiger partial charge on any atom is 0.0434 e. The molecule has 1 unspecified atom stereocenters. The van der Waals surface area contributed by atoms with E-state index in [1.54, 1.807) is 0 Å². The first-order valence-corrected chi connectivity index (χ1v) is 5.79. The van der Waals surface area contributed by atoms with Gasteiger partial charge in [-0.05, 0) is 23.0 Å². The first-order valence-electron chi connectivity index (χ1n) is 5.79. The van der Waals surface area contributed by atoms with Crippen molar-refractivity contribution >= 4 is 0 Å². The smallest absolute Gasteiger partial charge is 0.0434 e. The second kappa shape index (κ2) is 4.34. The molecule has 0 bridgehead atoms. The Morgan fingerprint density at radius 2 is 1.67 bits per heavy atom. The molecule has 1 rings (SSSR count). The first kappa shape index (κ1) is 12.2. The van der Waals surface area contributed by atoms with Crippen LogP contribution >= 0.6 is 0 Å². The van der Waals surface area contributed by atoms with Gasteiger partial charge in [-0.3, -0.25) is 4.98 Å². The largest absolute Gasteiger partial charge is 0.261 e. The highest BCUT2D eigenvalue weighted by molar-refractivity contribution is 5.22. The molecule has 1 aromatic rings. The minimum absolute atomic E-state index is 0.201. The predicted octanol–water partition coefficient (Wildman–Crippen LogP) is 4.14. The second-order valence-electron chi connectivity index (χ2n) is 5.75. The van der Waals surface area contributed by atoms with Gasteiger partial charge < -0.3 is 0 Å². The predicted molar refractivity (Wildman–Crippen MR) is 66.2 cm³/mol. The van der Waals surface area contributed by atoms with E-state index < -0.39 is 0 Å². The molecular weight excluding hydrogens is 182 g/mol. The standard InChI is InChI=1S/C14H23N/c1-10(2)11(3)13-8-7-12(9-15-13)14(4,5)6/h7-11H,1-6H3. The molecule has 1 aromatic heterocycles. The van der Waals surface area contributed by atoms with Crippen molar-refractivity contribution in [2.24, 2.45) is 5.92 Å². The molecule has 0 fully saturated rings. The van der Waals surface area contributed by atoms with Crippen molar-refractivity contribution in [2.75, 3.05) is 0 Å². The van der Waals surface area contributed by atoms with Crippen molar-refractivity contribution in [2.45, 2.75) is 52.9 Å². The zero-order valence-electron chi connectivity index (χ0n) is 10.8. The monoisotopic (exact) mass is 205 g/mol. The normalized spacial score (nSPS) is 14.3. The number of pyridine rings is 1. The molecular formula is C14H23N. The number of hydrogen-bond donors (Lipinski definition) is 0. The molecule has 1 nitrogen and oxygen atoms in total. The first-order chi connectivity index (χ1) is 6.82.